The Morgan fingerprint density at radius 2 is 1.77 bits per heavy atom. The lowest BCUT2D eigenvalue weighted by atomic mass is 10.1. The first kappa shape index (κ1) is 20.1. The van der Waals surface area contributed by atoms with Gasteiger partial charge in [0.15, 0.2) is 11.5 Å². The molecular weight excluding hydrogens is 332 g/mol. The number of benzene rings is 1. The number of likely N-dealkylation sites (N-methyl/N-ethyl adjacent to an activating group) is 1. The molecule has 1 atom stereocenters. The van der Waals surface area contributed by atoms with E-state index in [-0.39, 0.29) is 17.9 Å². The summed E-state index contributed by atoms with van der Waals surface area (Å²) >= 11 is 0. The molecule has 1 aliphatic rings. The van der Waals surface area contributed by atoms with E-state index in [4.69, 9.17) is 9.47 Å². The number of rotatable bonds is 8. The zero-order chi connectivity index (χ0) is 19.1. The van der Waals surface area contributed by atoms with Crippen molar-refractivity contribution >= 4 is 11.8 Å². The SMILES string of the molecule is CCCOc1ccc(C(=O)N2CCCC2C(=O)N(C)C)cc1OCCC. The zero-order valence-corrected chi connectivity index (χ0v) is 16.3. The van der Waals surface area contributed by atoms with Crippen LogP contribution in [0.3, 0.4) is 0 Å². The third kappa shape index (κ3) is 4.68. The number of hydrogen-bond donors (Lipinski definition) is 0. The fraction of sp³-hybridized carbons (Fsp3) is 0.600. The molecule has 0 spiro atoms. The fourth-order valence-corrected chi connectivity index (χ4v) is 3.03. The van der Waals surface area contributed by atoms with Gasteiger partial charge in [0.1, 0.15) is 6.04 Å². The Bertz CT molecular complexity index is 630. The molecule has 6 heteroatoms. The highest BCUT2D eigenvalue weighted by atomic mass is 16.5. The Morgan fingerprint density at radius 3 is 2.38 bits per heavy atom. The van der Waals surface area contributed by atoms with E-state index in [0.29, 0.717) is 43.2 Å². The molecule has 0 aliphatic carbocycles. The van der Waals surface area contributed by atoms with Gasteiger partial charge in [0, 0.05) is 26.2 Å². The van der Waals surface area contributed by atoms with E-state index in [0.717, 1.165) is 19.3 Å². The maximum atomic E-state index is 13.0. The van der Waals surface area contributed by atoms with Crippen molar-refractivity contribution in [3.05, 3.63) is 23.8 Å². The lowest BCUT2D eigenvalue weighted by Gasteiger charge is -2.26. The molecule has 6 nitrogen and oxygen atoms in total. The van der Waals surface area contributed by atoms with E-state index < -0.39 is 0 Å². The minimum atomic E-state index is -0.381. The van der Waals surface area contributed by atoms with Crippen LogP contribution >= 0.6 is 0 Å². The summed E-state index contributed by atoms with van der Waals surface area (Å²) in [4.78, 5) is 28.6. The van der Waals surface area contributed by atoms with Crippen molar-refractivity contribution in [2.45, 2.75) is 45.6 Å². The molecule has 0 aromatic heterocycles. The molecule has 0 bridgehead atoms. The van der Waals surface area contributed by atoms with Gasteiger partial charge in [-0.15, -0.1) is 0 Å². The third-order valence-corrected chi connectivity index (χ3v) is 4.35. The maximum Gasteiger partial charge on any atom is 0.254 e. The van der Waals surface area contributed by atoms with Gasteiger partial charge < -0.3 is 19.3 Å². The number of amides is 2. The molecule has 1 heterocycles. The van der Waals surface area contributed by atoms with Gasteiger partial charge in [0.05, 0.1) is 13.2 Å². The first-order valence-corrected chi connectivity index (χ1v) is 9.41. The number of ether oxygens (including phenoxy) is 2. The van der Waals surface area contributed by atoms with Gasteiger partial charge in [-0.1, -0.05) is 13.8 Å². The minimum Gasteiger partial charge on any atom is -0.490 e. The van der Waals surface area contributed by atoms with Crippen LogP contribution in [0.2, 0.25) is 0 Å². The molecule has 1 unspecified atom stereocenters. The molecule has 1 fully saturated rings. The molecule has 2 rings (SSSR count). The van der Waals surface area contributed by atoms with Crippen molar-refractivity contribution in [2.75, 3.05) is 33.9 Å². The normalized spacial score (nSPS) is 16.5. The number of hydrogen-bond acceptors (Lipinski definition) is 4. The van der Waals surface area contributed by atoms with Gasteiger partial charge in [-0.25, -0.2) is 0 Å². The summed E-state index contributed by atoms with van der Waals surface area (Å²) in [5.41, 5.74) is 0.526. The van der Waals surface area contributed by atoms with Crippen LogP contribution in [-0.2, 0) is 4.79 Å². The van der Waals surface area contributed by atoms with Crippen LogP contribution in [0, 0.1) is 0 Å². The quantitative estimate of drug-likeness (QED) is 0.713. The van der Waals surface area contributed by atoms with Crippen LogP contribution in [0.15, 0.2) is 18.2 Å². The topological polar surface area (TPSA) is 59.1 Å². The van der Waals surface area contributed by atoms with E-state index in [1.54, 1.807) is 42.1 Å². The minimum absolute atomic E-state index is 0.0267. The molecule has 0 N–H and O–H groups in total. The average molecular weight is 362 g/mol. The van der Waals surface area contributed by atoms with Crippen LogP contribution in [0.4, 0.5) is 0 Å². The Morgan fingerprint density at radius 1 is 1.12 bits per heavy atom. The molecule has 2 amide bonds. The van der Waals surface area contributed by atoms with Gasteiger partial charge in [-0.3, -0.25) is 9.59 Å². The second-order valence-corrected chi connectivity index (χ2v) is 6.75. The number of carbonyl (C=O) groups is 2. The number of carbonyl (C=O) groups excluding carboxylic acids is 2. The summed E-state index contributed by atoms with van der Waals surface area (Å²) in [7, 11) is 3.44. The predicted molar refractivity (Wildman–Crippen MR) is 101 cm³/mol. The van der Waals surface area contributed by atoms with Gasteiger partial charge in [-0.05, 0) is 43.9 Å². The van der Waals surface area contributed by atoms with Crippen molar-refractivity contribution in [1.29, 1.82) is 0 Å². The summed E-state index contributed by atoms with van der Waals surface area (Å²) in [5.74, 6) is 1.08. The Hall–Kier alpha value is -2.24. The monoisotopic (exact) mass is 362 g/mol. The van der Waals surface area contributed by atoms with E-state index in [1.165, 1.54) is 0 Å². The molecular formula is C20H30N2O4. The van der Waals surface area contributed by atoms with Crippen molar-refractivity contribution < 1.29 is 19.1 Å². The molecule has 1 saturated heterocycles. The van der Waals surface area contributed by atoms with Gasteiger partial charge in [-0.2, -0.15) is 0 Å². The number of nitrogens with zero attached hydrogens (tertiary/aromatic N) is 2. The van der Waals surface area contributed by atoms with Crippen molar-refractivity contribution in [3.8, 4) is 11.5 Å². The molecule has 1 aromatic carbocycles. The summed E-state index contributed by atoms with van der Waals surface area (Å²) < 4.78 is 11.5. The maximum absolute atomic E-state index is 13.0. The van der Waals surface area contributed by atoms with Crippen molar-refractivity contribution in [3.63, 3.8) is 0 Å². The van der Waals surface area contributed by atoms with Crippen molar-refractivity contribution in [2.24, 2.45) is 0 Å². The highest BCUT2D eigenvalue weighted by Gasteiger charge is 2.35. The molecule has 1 aromatic rings. The Kier molecular flexibility index (Phi) is 7.30. The van der Waals surface area contributed by atoms with Crippen LogP contribution in [0.1, 0.15) is 49.9 Å². The standard InChI is InChI=1S/C20H30N2O4/c1-5-12-25-17-10-9-15(14-18(17)26-13-6-2)19(23)22-11-7-8-16(22)20(24)21(3)4/h9-10,14,16H,5-8,11-13H2,1-4H3. The lowest BCUT2D eigenvalue weighted by Crippen LogP contribution is -2.45. The molecule has 0 radical (unpaired) electrons. The van der Waals surface area contributed by atoms with Crippen LogP contribution in [0.25, 0.3) is 0 Å². The summed E-state index contributed by atoms with van der Waals surface area (Å²) in [5, 5.41) is 0. The average Bonchev–Trinajstić information content (AvgIpc) is 3.13. The second kappa shape index (κ2) is 9.46. The van der Waals surface area contributed by atoms with E-state index >= 15 is 0 Å². The highest BCUT2D eigenvalue weighted by molar-refractivity contribution is 5.98. The van der Waals surface area contributed by atoms with Crippen molar-refractivity contribution in [1.82, 2.24) is 9.80 Å². The summed E-state index contributed by atoms with van der Waals surface area (Å²) in [6.45, 7) is 5.83. The molecule has 26 heavy (non-hydrogen) atoms. The summed E-state index contributed by atoms with van der Waals surface area (Å²) in [6.07, 6.45) is 3.32. The van der Waals surface area contributed by atoms with Gasteiger partial charge in [0.2, 0.25) is 5.91 Å². The second-order valence-electron chi connectivity index (χ2n) is 6.75. The van der Waals surface area contributed by atoms with Gasteiger partial charge >= 0.3 is 0 Å². The van der Waals surface area contributed by atoms with Gasteiger partial charge in [0.25, 0.3) is 5.91 Å². The highest BCUT2D eigenvalue weighted by Crippen LogP contribution is 2.30. The first-order valence-electron chi connectivity index (χ1n) is 9.41. The van der Waals surface area contributed by atoms with E-state index in [1.807, 2.05) is 13.8 Å². The van der Waals surface area contributed by atoms with E-state index in [2.05, 4.69) is 0 Å². The smallest absolute Gasteiger partial charge is 0.254 e. The zero-order valence-electron chi connectivity index (χ0n) is 16.3. The third-order valence-electron chi connectivity index (χ3n) is 4.35. The van der Waals surface area contributed by atoms with Crippen LogP contribution in [0.5, 0.6) is 11.5 Å². The molecule has 0 saturated carbocycles. The van der Waals surface area contributed by atoms with E-state index in [9.17, 15) is 9.59 Å². The molecule has 1 aliphatic heterocycles. The predicted octanol–water partition coefficient (Wildman–Crippen LogP) is 2.96. The Labute approximate surface area is 156 Å². The first-order chi connectivity index (χ1) is 12.5. The Balaban J connectivity index is 2.23. The lowest BCUT2D eigenvalue weighted by molar-refractivity contribution is -0.132. The largest absolute Gasteiger partial charge is 0.490 e. The fourth-order valence-electron chi connectivity index (χ4n) is 3.03. The molecule has 144 valence electrons. The number of likely N-dealkylation sites (tertiary alicyclic amines) is 1. The summed E-state index contributed by atoms with van der Waals surface area (Å²) in [6, 6.07) is 4.89. The van der Waals surface area contributed by atoms with Crippen LogP contribution in [-0.4, -0.2) is 61.5 Å². The van der Waals surface area contributed by atoms with Crippen LogP contribution < -0.4 is 9.47 Å².